The molecule has 0 unspecified atom stereocenters. The van der Waals surface area contributed by atoms with E-state index in [1.54, 1.807) is 12.1 Å². The molecule has 170 valence electrons. The first kappa shape index (κ1) is 21.4. The number of amides is 2. The highest BCUT2D eigenvalue weighted by Crippen LogP contribution is 2.28. The summed E-state index contributed by atoms with van der Waals surface area (Å²) in [4.78, 5) is 39.2. The Morgan fingerprint density at radius 3 is 2.50 bits per heavy atom. The first-order valence-corrected chi connectivity index (χ1v) is 11.0. The fraction of sp³-hybridized carbons (Fsp3) is 0.154. The fourth-order valence-electron chi connectivity index (χ4n) is 4.42. The lowest BCUT2D eigenvalue weighted by Gasteiger charge is -2.36. The van der Waals surface area contributed by atoms with Crippen molar-refractivity contribution in [2.24, 2.45) is 0 Å². The van der Waals surface area contributed by atoms with E-state index >= 15 is 0 Å². The van der Waals surface area contributed by atoms with Crippen molar-refractivity contribution in [3.8, 4) is 0 Å². The van der Waals surface area contributed by atoms with Crippen LogP contribution in [0.1, 0.15) is 21.6 Å². The predicted molar refractivity (Wildman–Crippen MR) is 127 cm³/mol. The molecule has 3 aromatic carbocycles. The maximum Gasteiger partial charge on any atom is 0.271 e. The highest BCUT2D eigenvalue weighted by Gasteiger charge is 2.37. The van der Waals surface area contributed by atoms with Crippen LogP contribution in [-0.4, -0.2) is 32.2 Å². The lowest BCUT2D eigenvalue weighted by Crippen LogP contribution is -2.54. The van der Waals surface area contributed by atoms with Gasteiger partial charge in [-0.1, -0.05) is 60.7 Å². The number of rotatable bonds is 6. The van der Waals surface area contributed by atoms with Gasteiger partial charge >= 0.3 is 0 Å². The van der Waals surface area contributed by atoms with Crippen molar-refractivity contribution in [2.45, 2.75) is 25.7 Å². The summed E-state index contributed by atoms with van der Waals surface area (Å²) in [5.41, 5.74) is 2.88. The summed E-state index contributed by atoms with van der Waals surface area (Å²) in [7, 11) is 0. The molecule has 1 atom stereocenters. The number of hydrogen-bond donors (Lipinski definition) is 1. The molecule has 34 heavy (non-hydrogen) atoms. The lowest BCUT2D eigenvalue weighted by atomic mass is 10.1. The highest BCUT2D eigenvalue weighted by atomic mass is 16.6. The number of nitro benzene ring substituents is 1. The molecule has 0 spiro atoms. The van der Waals surface area contributed by atoms with Crippen LogP contribution in [-0.2, 0) is 24.4 Å². The summed E-state index contributed by atoms with van der Waals surface area (Å²) in [6.07, 6.45) is 0. The van der Waals surface area contributed by atoms with E-state index in [-0.39, 0.29) is 24.0 Å². The number of non-ortho nitro benzene ring substituents is 1. The molecule has 1 N–H and O–H groups in total. The van der Waals surface area contributed by atoms with Crippen LogP contribution in [0, 0.1) is 10.1 Å². The number of hydrogen-bond acceptors (Lipinski definition) is 4. The van der Waals surface area contributed by atoms with E-state index in [0.717, 1.165) is 16.5 Å². The molecule has 5 rings (SSSR count). The number of fused-ring (bicyclic) bond motifs is 3. The third-order valence-corrected chi connectivity index (χ3v) is 6.11. The number of aromatic nitrogens is 1. The van der Waals surface area contributed by atoms with Gasteiger partial charge in [0.1, 0.15) is 11.7 Å². The Morgan fingerprint density at radius 1 is 0.971 bits per heavy atom. The molecule has 0 saturated carbocycles. The van der Waals surface area contributed by atoms with Crippen molar-refractivity contribution in [3.63, 3.8) is 0 Å². The van der Waals surface area contributed by atoms with Crippen LogP contribution in [0.15, 0.2) is 84.9 Å². The average Bonchev–Trinajstić information content (AvgIpc) is 3.24. The lowest BCUT2D eigenvalue weighted by molar-refractivity contribution is -0.384. The van der Waals surface area contributed by atoms with Crippen LogP contribution >= 0.6 is 0 Å². The smallest absolute Gasteiger partial charge is 0.271 e. The zero-order chi connectivity index (χ0) is 23.7. The van der Waals surface area contributed by atoms with Gasteiger partial charge in [-0.3, -0.25) is 19.7 Å². The molecule has 0 aliphatic carbocycles. The van der Waals surface area contributed by atoms with Crippen LogP contribution in [0.5, 0.6) is 0 Å². The van der Waals surface area contributed by atoms with Crippen LogP contribution < -0.4 is 5.32 Å². The minimum atomic E-state index is -0.765. The molecule has 1 aliphatic heterocycles. The van der Waals surface area contributed by atoms with Crippen LogP contribution in [0.25, 0.3) is 10.9 Å². The summed E-state index contributed by atoms with van der Waals surface area (Å²) < 4.78 is 1.88. The van der Waals surface area contributed by atoms with E-state index in [2.05, 4.69) is 5.32 Å². The van der Waals surface area contributed by atoms with E-state index in [1.165, 1.54) is 17.0 Å². The van der Waals surface area contributed by atoms with E-state index in [0.29, 0.717) is 24.3 Å². The second kappa shape index (κ2) is 8.82. The Bertz CT molecular complexity index is 1400. The topological polar surface area (TPSA) is 97.5 Å². The van der Waals surface area contributed by atoms with Crippen LogP contribution in [0.3, 0.4) is 0 Å². The molecule has 2 heterocycles. The highest BCUT2D eigenvalue weighted by molar-refractivity contribution is 6.02. The van der Waals surface area contributed by atoms with Gasteiger partial charge in [0.15, 0.2) is 0 Å². The van der Waals surface area contributed by atoms with Crippen molar-refractivity contribution >= 4 is 28.4 Å². The molecule has 4 aromatic rings. The number of benzene rings is 3. The molecule has 1 aromatic heterocycles. The Hall–Kier alpha value is -4.46. The number of nitrogens with one attached hydrogen (secondary N) is 1. The molecule has 8 heteroatoms. The Morgan fingerprint density at radius 2 is 1.71 bits per heavy atom. The summed E-state index contributed by atoms with van der Waals surface area (Å²) in [5, 5.41) is 15.1. The van der Waals surface area contributed by atoms with Crippen molar-refractivity contribution in [2.75, 3.05) is 0 Å². The molecular weight excluding hydrogens is 432 g/mol. The van der Waals surface area contributed by atoms with E-state index < -0.39 is 11.0 Å². The van der Waals surface area contributed by atoms with E-state index in [9.17, 15) is 19.7 Å². The number of nitro groups is 1. The molecular formula is C26H22N4O4. The molecule has 0 saturated heterocycles. The number of carbonyl (C=O) groups is 2. The summed E-state index contributed by atoms with van der Waals surface area (Å²) in [6, 6.07) is 24.5. The van der Waals surface area contributed by atoms with Crippen molar-refractivity contribution < 1.29 is 14.5 Å². The SMILES string of the molecule is O=C(NCc1ccccc1)[C@@H]1Cn2c(cc3ccccc32)C(=O)N1Cc1cccc([N+](=O)[O-])c1. The zero-order valence-corrected chi connectivity index (χ0v) is 18.3. The Kier molecular flexibility index (Phi) is 5.55. The minimum absolute atomic E-state index is 0.0545. The predicted octanol–water partition coefficient (Wildman–Crippen LogP) is 3.89. The van der Waals surface area contributed by atoms with Gasteiger partial charge in [-0.15, -0.1) is 0 Å². The van der Waals surface area contributed by atoms with Crippen molar-refractivity contribution in [1.82, 2.24) is 14.8 Å². The summed E-state index contributed by atoms with van der Waals surface area (Å²) in [6.45, 7) is 0.726. The van der Waals surface area contributed by atoms with E-state index in [1.807, 2.05) is 65.2 Å². The molecule has 0 radical (unpaired) electrons. The first-order chi connectivity index (χ1) is 16.5. The van der Waals surface area contributed by atoms with Gasteiger partial charge in [-0.05, 0) is 23.3 Å². The Labute approximate surface area is 195 Å². The van der Waals surface area contributed by atoms with Gasteiger partial charge in [0.25, 0.3) is 11.6 Å². The van der Waals surface area contributed by atoms with Gasteiger partial charge in [-0.25, -0.2) is 0 Å². The molecule has 8 nitrogen and oxygen atoms in total. The van der Waals surface area contributed by atoms with Crippen LogP contribution in [0.4, 0.5) is 5.69 Å². The second-order valence-electron chi connectivity index (χ2n) is 8.28. The van der Waals surface area contributed by atoms with Gasteiger partial charge in [0.2, 0.25) is 5.91 Å². The normalized spacial score (nSPS) is 15.2. The standard InChI is InChI=1S/C26H22N4O4/c31-25(27-15-18-7-2-1-3-8-18)24-17-28-22-12-5-4-10-20(22)14-23(28)26(32)29(24)16-19-9-6-11-21(13-19)30(33)34/h1-14,24H,15-17H2,(H,27,31)/t24-/m0/s1. The van der Waals surface area contributed by atoms with Gasteiger partial charge in [0, 0.05) is 36.1 Å². The minimum Gasteiger partial charge on any atom is -0.350 e. The van der Waals surface area contributed by atoms with Crippen molar-refractivity contribution in [1.29, 1.82) is 0 Å². The second-order valence-corrected chi connectivity index (χ2v) is 8.28. The largest absolute Gasteiger partial charge is 0.350 e. The fourth-order valence-corrected chi connectivity index (χ4v) is 4.42. The Balaban J connectivity index is 1.49. The quantitative estimate of drug-likeness (QED) is 0.353. The maximum absolute atomic E-state index is 13.6. The molecule has 0 fully saturated rings. The molecule has 2 amide bonds. The summed E-state index contributed by atoms with van der Waals surface area (Å²) in [5.74, 6) is -0.556. The van der Waals surface area contributed by atoms with E-state index in [4.69, 9.17) is 0 Å². The van der Waals surface area contributed by atoms with Gasteiger partial charge in [0.05, 0.1) is 11.5 Å². The third kappa shape index (κ3) is 4.01. The summed E-state index contributed by atoms with van der Waals surface area (Å²) >= 11 is 0. The monoisotopic (exact) mass is 454 g/mol. The van der Waals surface area contributed by atoms with Gasteiger partial charge < -0.3 is 14.8 Å². The van der Waals surface area contributed by atoms with Gasteiger partial charge in [-0.2, -0.15) is 0 Å². The zero-order valence-electron chi connectivity index (χ0n) is 18.3. The van der Waals surface area contributed by atoms with Crippen LogP contribution in [0.2, 0.25) is 0 Å². The molecule has 1 aliphatic rings. The number of para-hydroxylation sites is 1. The maximum atomic E-state index is 13.6. The first-order valence-electron chi connectivity index (χ1n) is 11.0. The number of carbonyl (C=O) groups excluding carboxylic acids is 2. The third-order valence-electron chi connectivity index (χ3n) is 6.11. The number of nitrogens with zero attached hydrogens (tertiary/aromatic N) is 3. The van der Waals surface area contributed by atoms with Crippen molar-refractivity contribution in [3.05, 3.63) is 112 Å². The average molecular weight is 454 g/mol. The molecule has 0 bridgehead atoms.